The molecular weight excluding hydrogens is 288 g/mol. The van der Waals surface area contributed by atoms with Gasteiger partial charge in [0.05, 0.1) is 18.4 Å². The lowest BCUT2D eigenvalue weighted by molar-refractivity contribution is 0.127. The Kier molecular flexibility index (Phi) is 5.76. The zero-order valence-electron chi connectivity index (χ0n) is 11.8. The molecule has 114 valence electrons. The normalized spacial score (nSPS) is 18.2. The van der Waals surface area contributed by atoms with Crippen molar-refractivity contribution in [2.24, 2.45) is 5.73 Å². The number of sulfonamides is 1. The Morgan fingerprint density at radius 3 is 2.71 bits per heavy atom. The van der Waals surface area contributed by atoms with Crippen molar-refractivity contribution in [3.8, 4) is 11.8 Å². The Morgan fingerprint density at radius 1 is 1.33 bits per heavy atom. The lowest BCUT2D eigenvalue weighted by Gasteiger charge is -2.11. The molecule has 0 spiro atoms. The van der Waals surface area contributed by atoms with E-state index < -0.39 is 10.0 Å². The van der Waals surface area contributed by atoms with Crippen LogP contribution in [0.2, 0.25) is 0 Å². The Hall–Kier alpha value is -1.39. The molecule has 6 heteroatoms. The van der Waals surface area contributed by atoms with Crippen molar-refractivity contribution in [2.45, 2.75) is 25.5 Å². The molecule has 1 aromatic carbocycles. The van der Waals surface area contributed by atoms with Crippen LogP contribution in [-0.4, -0.2) is 33.4 Å². The first-order valence-electron chi connectivity index (χ1n) is 6.96. The maximum atomic E-state index is 11.9. The molecule has 21 heavy (non-hydrogen) atoms. The predicted molar refractivity (Wildman–Crippen MR) is 82.0 cm³/mol. The number of benzene rings is 1. The van der Waals surface area contributed by atoms with Gasteiger partial charge in [-0.1, -0.05) is 24.0 Å². The van der Waals surface area contributed by atoms with Crippen molar-refractivity contribution >= 4 is 10.0 Å². The second kappa shape index (κ2) is 7.57. The number of hydrogen-bond acceptors (Lipinski definition) is 4. The third-order valence-electron chi connectivity index (χ3n) is 3.21. The third-order valence-corrected chi connectivity index (χ3v) is 4.61. The van der Waals surface area contributed by atoms with Gasteiger partial charge in [0, 0.05) is 18.7 Å². The molecule has 1 saturated heterocycles. The van der Waals surface area contributed by atoms with Crippen molar-refractivity contribution in [3.63, 3.8) is 0 Å². The summed E-state index contributed by atoms with van der Waals surface area (Å²) in [5.41, 5.74) is 7.07. The van der Waals surface area contributed by atoms with Gasteiger partial charge >= 0.3 is 0 Å². The Labute approximate surface area is 125 Å². The van der Waals surface area contributed by atoms with E-state index in [1.165, 1.54) is 0 Å². The van der Waals surface area contributed by atoms with Crippen molar-refractivity contribution in [1.82, 2.24) is 4.72 Å². The van der Waals surface area contributed by atoms with Gasteiger partial charge in [-0.05, 0) is 30.5 Å². The largest absolute Gasteiger partial charge is 0.377 e. The van der Waals surface area contributed by atoms with Gasteiger partial charge < -0.3 is 10.5 Å². The second-order valence-corrected chi connectivity index (χ2v) is 6.79. The minimum Gasteiger partial charge on any atom is -0.377 e. The predicted octanol–water partition coefficient (Wildman–Crippen LogP) is 0.595. The van der Waals surface area contributed by atoms with Crippen LogP contribution in [0.4, 0.5) is 0 Å². The smallest absolute Gasteiger partial charge is 0.214 e. The Bertz CT molecular complexity index is 609. The van der Waals surface area contributed by atoms with Crippen LogP contribution < -0.4 is 10.5 Å². The van der Waals surface area contributed by atoms with Gasteiger partial charge in [-0.2, -0.15) is 0 Å². The van der Waals surface area contributed by atoms with Gasteiger partial charge in [0.2, 0.25) is 10.0 Å². The molecule has 3 N–H and O–H groups in total. The Morgan fingerprint density at radius 2 is 2.10 bits per heavy atom. The molecule has 0 bridgehead atoms. The van der Waals surface area contributed by atoms with Crippen LogP contribution in [0.3, 0.4) is 0 Å². The van der Waals surface area contributed by atoms with Crippen LogP contribution in [0, 0.1) is 11.8 Å². The highest BCUT2D eigenvalue weighted by atomic mass is 32.2. The summed E-state index contributed by atoms with van der Waals surface area (Å²) in [5.74, 6) is 5.73. The van der Waals surface area contributed by atoms with Crippen molar-refractivity contribution in [3.05, 3.63) is 35.4 Å². The summed E-state index contributed by atoms with van der Waals surface area (Å²) in [6, 6.07) is 7.42. The number of rotatable bonds is 5. The molecule has 0 radical (unpaired) electrons. The van der Waals surface area contributed by atoms with E-state index in [1.54, 1.807) is 0 Å². The second-order valence-electron chi connectivity index (χ2n) is 4.94. The number of hydrogen-bond donors (Lipinski definition) is 2. The molecule has 1 aromatic rings. The quantitative estimate of drug-likeness (QED) is 0.780. The van der Waals surface area contributed by atoms with E-state index in [2.05, 4.69) is 16.6 Å². The lowest BCUT2D eigenvalue weighted by atomic mass is 10.1. The molecule has 2 rings (SSSR count). The fraction of sp³-hybridized carbons (Fsp3) is 0.467. The van der Waals surface area contributed by atoms with Crippen molar-refractivity contribution in [2.75, 3.05) is 18.9 Å². The van der Waals surface area contributed by atoms with E-state index in [0.717, 1.165) is 24.0 Å². The van der Waals surface area contributed by atoms with Crippen LogP contribution in [0.25, 0.3) is 0 Å². The molecule has 1 aliphatic heterocycles. The van der Waals surface area contributed by atoms with E-state index in [9.17, 15) is 8.42 Å². The van der Waals surface area contributed by atoms with Crippen molar-refractivity contribution in [1.29, 1.82) is 0 Å². The van der Waals surface area contributed by atoms with Gasteiger partial charge in [0.15, 0.2) is 0 Å². The van der Waals surface area contributed by atoms with Crippen LogP contribution in [0.15, 0.2) is 24.3 Å². The minimum absolute atomic E-state index is 0.0348. The number of nitrogens with two attached hydrogens (primary N) is 1. The number of nitrogens with one attached hydrogen (secondary N) is 1. The molecule has 5 nitrogen and oxygen atoms in total. The summed E-state index contributed by atoms with van der Waals surface area (Å²) in [6.45, 7) is 1.26. The third kappa shape index (κ3) is 5.48. The zero-order chi connectivity index (χ0) is 15.1. The van der Waals surface area contributed by atoms with Gasteiger partial charge in [-0.25, -0.2) is 13.1 Å². The molecule has 1 aliphatic rings. The summed E-state index contributed by atoms with van der Waals surface area (Å²) in [6.07, 6.45) is 1.58. The fourth-order valence-corrected chi connectivity index (χ4v) is 3.39. The highest BCUT2D eigenvalue weighted by Gasteiger charge is 2.22. The topological polar surface area (TPSA) is 81.4 Å². The Balaban J connectivity index is 1.86. The summed E-state index contributed by atoms with van der Waals surface area (Å²) in [4.78, 5) is 0. The standard InChI is InChI=1S/C15H20N2O3S/c16-9-1-3-13-5-7-14(8-6-13)11-17-21(18,19)12-15-4-2-10-20-15/h5-8,15,17H,2,4,9-12,16H2. The molecule has 0 aromatic heterocycles. The fourth-order valence-electron chi connectivity index (χ4n) is 2.13. The van der Waals surface area contributed by atoms with E-state index in [1.807, 2.05) is 24.3 Å². The monoisotopic (exact) mass is 308 g/mol. The summed E-state index contributed by atoms with van der Waals surface area (Å²) < 4.78 is 31.8. The molecule has 1 fully saturated rings. The molecule has 0 saturated carbocycles. The van der Waals surface area contributed by atoms with E-state index in [-0.39, 0.29) is 18.4 Å². The SMILES string of the molecule is NCC#Cc1ccc(CNS(=O)(=O)CC2CCCO2)cc1. The summed E-state index contributed by atoms with van der Waals surface area (Å²) >= 11 is 0. The molecule has 1 heterocycles. The number of ether oxygens (including phenoxy) is 1. The minimum atomic E-state index is -3.31. The maximum Gasteiger partial charge on any atom is 0.214 e. The van der Waals surface area contributed by atoms with Crippen LogP contribution >= 0.6 is 0 Å². The van der Waals surface area contributed by atoms with E-state index >= 15 is 0 Å². The summed E-state index contributed by atoms with van der Waals surface area (Å²) in [7, 11) is -3.31. The molecule has 1 atom stereocenters. The van der Waals surface area contributed by atoms with E-state index in [0.29, 0.717) is 13.2 Å². The lowest BCUT2D eigenvalue weighted by Crippen LogP contribution is -2.31. The van der Waals surface area contributed by atoms with Crippen molar-refractivity contribution < 1.29 is 13.2 Å². The molecule has 1 unspecified atom stereocenters. The van der Waals surface area contributed by atoms with Gasteiger partial charge in [0.25, 0.3) is 0 Å². The van der Waals surface area contributed by atoms with Crippen LogP contribution in [0.1, 0.15) is 24.0 Å². The first-order chi connectivity index (χ1) is 10.1. The first-order valence-corrected chi connectivity index (χ1v) is 8.61. The maximum absolute atomic E-state index is 11.9. The first kappa shape index (κ1) is 16.0. The molecule has 0 amide bonds. The van der Waals surface area contributed by atoms with Gasteiger partial charge in [-0.15, -0.1) is 0 Å². The molecular formula is C15H20N2O3S. The average Bonchev–Trinajstić information content (AvgIpc) is 2.96. The zero-order valence-corrected chi connectivity index (χ0v) is 12.7. The van der Waals surface area contributed by atoms with Crippen LogP contribution in [-0.2, 0) is 21.3 Å². The van der Waals surface area contributed by atoms with Crippen LogP contribution in [0.5, 0.6) is 0 Å². The highest BCUT2D eigenvalue weighted by molar-refractivity contribution is 7.89. The van der Waals surface area contributed by atoms with E-state index in [4.69, 9.17) is 10.5 Å². The van der Waals surface area contributed by atoms with Gasteiger partial charge in [-0.3, -0.25) is 0 Å². The highest BCUT2D eigenvalue weighted by Crippen LogP contribution is 2.13. The van der Waals surface area contributed by atoms with Gasteiger partial charge in [0.1, 0.15) is 0 Å². The average molecular weight is 308 g/mol. The molecule has 0 aliphatic carbocycles. The summed E-state index contributed by atoms with van der Waals surface area (Å²) in [5, 5.41) is 0.